The molecule has 0 unspecified atom stereocenters. The van der Waals surface area contributed by atoms with Crippen LogP contribution >= 0.6 is 0 Å². The molecule has 6 heteroatoms. The molecule has 0 radical (unpaired) electrons. The van der Waals surface area contributed by atoms with Crippen molar-refractivity contribution in [3.63, 3.8) is 0 Å². The fourth-order valence-electron chi connectivity index (χ4n) is 3.72. The summed E-state index contributed by atoms with van der Waals surface area (Å²) < 4.78 is 4.20. The standard InChI is InChI=1S/C20H28N6/c1-13(2)6-9-26-20-19(15(4)23-26)14(3)10-17(22-20)18-11-16-12-21-7-5-8-25(16)24-18/h10-11,13,21H,5-9,12H2,1-4H3. The first-order valence-electron chi connectivity index (χ1n) is 9.65. The summed E-state index contributed by atoms with van der Waals surface area (Å²) in [6.45, 7) is 12.5. The third kappa shape index (κ3) is 3.14. The molecular formula is C20H28N6. The maximum atomic E-state index is 4.98. The van der Waals surface area contributed by atoms with Crippen LogP contribution < -0.4 is 5.32 Å². The lowest BCUT2D eigenvalue weighted by molar-refractivity contribution is 0.493. The summed E-state index contributed by atoms with van der Waals surface area (Å²) in [5, 5.41) is 14.2. The van der Waals surface area contributed by atoms with Gasteiger partial charge in [-0.2, -0.15) is 10.2 Å². The molecule has 0 atom stereocenters. The van der Waals surface area contributed by atoms with E-state index in [1.807, 2.05) is 0 Å². The van der Waals surface area contributed by atoms with E-state index in [4.69, 9.17) is 15.2 Å². The second-order valence-corrected chi connectivity index (χ2v) is 7.79. The van der Waals surface area contributed by atoms with E-state index in [1.54, 1.807) is 0 Å². The first-order valence-corrected chi connectivity index (χ1v) is 9.65. The summed E-state index contributed by atoms with van der Waals surface area (Å²) >= 11 is 0. The molecule has 0 aromatic carbocycles. The van der Waals surface area contributed by atoms with Gasteiger partial charge in [0, 0.05) is 25.0 Å². The highest BCUT2D eigenvalue weighted by Gasteiger charge is 2.17. The van der Waals surface area contributed by atoms with Crippen molar-refractivity contribution in [1.29, 1.82) is 0 Å². The molecule has 138 valence electrons. The molecule has 0 saturated carbocycles. The first-order chi connectivity index (χ1) is 12.5. The van der Waals surface area contributed by atoms with Gasteiger partial charge < -0.3 is 5.32 Å². The SMILES string of the molecule is Cc1cc(-c2cc3n(n2)CCCNC3)nc2c1c(C)nn2CCC(C)C. The lowest BCUT2D eigenvalue weighted by Gasteiger charge is -2.07. The summed E-state index contributed by atoms with van der Waals surface area (Å²) in [4.78, 5) is 4.98. The highest BCUT2D eigenvalue weighted by molar-refractivity contribution is 5.84. The lowest BCUT2D eigenvalue weighted by atomic mass is 10.1. The number of nitrogens with one attached hydrogen (secondary N) is 1. The normalized spacial score (nSPS) is 14.8. The Morgan fingerprint density at radius 3 is 2.81 bits per heavy atom. The molecule has 0 fully saturated rings. The Hall–Kier alpha value is -2.21. The fraction of sp³-hybridized carbons (Fsp3) is 0.550. The monoisotopic (exact) mass is 352 g/mol. The van der Waals surface area contributed by atoms with Crippen molar-refractivity contribution in [1.82, 2.24) is 29.9 Å². The van der Waals surface area contributed by atoms with Crippen LogP contribution in [0.3, 0.4) is 0 Å². The topological polar surface area (TPSA) is 60.6 Å². The number of aryl methyl sites for hydroxylation is 4. The van der Waals surface area contributed by atoms with Crippen LogP contribution in [0.2, 0.25) is 0 Å². The van der Waals surface area contributed by atoms with Crippen molar-refractivity contribution in [3.8, 4) is 11.4 Å². The maximum absolute atomic E-state index is 4.98. The molecule has 3 aromatic rings. The molecule has 0 aliphatic carbocycles. The van der Waals surface area contributed by atoms with E-state index >= 15 is 0 Å². The van der Waals surface area contributed by atoms with E-state index in [1.165, 1.54) is 16.6 Å². The number of fused-ring (bicyclic) bond motifs is 2. The smallest absolute Gasteiger partial charge is 0.159 e. The molecule has 0 saturated heterocycles. The minimum Gasteiger partial charge on any atom is -0.311 e. The van der Waals surface area contributed by atoms with E-state index in [-0.39, 0.29) is 0 Å². The Labute approximate surface area is 154 Å². The average molecular weight is 352 g/mol. The molecule has 26 heavy (non-hydrogen) atoms. The van der Waals surface area contributed by atoms with Gasteiger partial charge in [-0.05, 0) is 56.8 Å². The van der Waals surface area contributed by atoms with Crippen molar-refractivity contribution in [2.24, 2.45) is 5.92 Å². The second kappa shape index (κ2) is 6.83. The predicted molar refractivity (Wildman–Crippen MR) is 104 cm³/mol. The highest BCUT2D eigenvalue weighted by Crippen LogP contribution is 2.27. The van der Waals surface area contributed by atoms with Crippen LogP contribution in [0.1, 0.15) is 43.6 Å². The second-order valence-electron chi connectivity index (χ2n) is 7.79. The third-order valence-corrected chi connectivity index (χ3v) is 5.15. The number of aromatic nitrogens is 5. The largest absolute Gasteiger partial charge is 0.311 e. The third-order valence-electron chi connectivity index (χ3n) is 5.15. The van der Waals surface area contributed by atoms with E-state index in [2.05, 4.69) is 54.5 Å². The number of nitrogens with zero attached hydrogens (tertiary/aromatic N) is 5. The number of hydrogen-bond donors (Lipinski definition) is 1. The zero-order chi connectivity index (χ0) is 18.3. The van der Waals surface area contributed by atoms with E-state index in [9.17, 15) is 0 Å². The first kappa shape index (κ1) is 17.2. The molecule has 0 amide bonds. The molecule has 0 bridgehead atoms. The highest BCUT2D eigenvalue weighted by atomic mass is 15.3. The van der Waals surface area contributed by atoms with Crippen LogP contribution in [-0.4, -0.2) is 31.1 Å². The molecule has 1 aliphatic rings. The Bertz CT molecular complexity index is 910. The van der Waals surface area contributed by atoms with Crippen molar-refractivity contribution in [3.05, 3.63) is 29.1 Å². The molecular weight excluding hydrogens is 324 g/mol. The Kier molecular flexibility index (Phi) is 4.53. The minimum absolute atomic E-state index is 0.648. The Balaban J connectivity index is 1.77. The van der Waals surface area contributed by atoms with Crippen LogP contribution in [0, 0.1) is 19.8 Å². The van der Waals surface area contributed by atoms with E-state index < -0.39 is 0 Å². The van der Waals surface area contributed by atoms with E-state index in [0.717, 1.165) is 61.7 Å². The maximum Gasteiger partial charge on any atom is 0.159 e. The van der Waals surface area contributed by atoms with Crippen molar-refractivity contribution in [2.75, 3.05) is 6.54 Å². The van der Waals surface area contributed by atoms with Crippen LogP contribution in [0.15, 0.2) is 12.1 Å². The molecule has 1 N–H and O–H groups in total. The molecule has 4 heterocycles. The molecule has 3 aromatic heterocycles. The van der Waals surface area contributed by atoms with Gasteiger partial charge in [0.25, 0.3) is 0 Å². The predicted octanol–water partition coefficient (Wildman–Crippen LogP) is 3.45. The fourth-order valence-corrected chi connectivity index (χ4v) is 3.72. The van der Waals surface area contributed by atoms with Gasteiger partial charge in [-0.15, -0.1) is 0 Å². The van der Waals surface area contributed by atoms with Gasteiger partial charge >= 0.3 is 0 Å². The van der Waals surface area contributed by atoms with Crippen LogP contribution in [0.5, 0.6) is 0 Å². The number of rotatable bonds is 4. The number of pyridine rings is 1. The van der Waals surface area contributed by atoms with Crippen LogP contribution in [0.4, 0.5) is 0 Å². The summed E-state index contributed by atoms with van der Waals surface area (Å²) in [6.07, 6.45) is 2.21. The van der Waals surface area contributed by atoms with Gasteiger partial charge in [0.2, 0.25) is 0 Å². The van der Waals surface area contributed by atoms with Gasteiger partial charge in [-0.1, -0.05) is 13.8 Å². The average Bonchev–Trinajstić information content (AvgIpc) is 3.07. The minimum atomic E-state index is 0.648. The van der Waals surface area contributed by atoms with E-state index in [0.29, 0.717) is 5.92 Å². The summed E-state index contributed by atoms with van der Waals surface area (Å²) in [5.74, 6) is 0.648. The Morgan fingerprint density at radius 2 is 2.00 bits per heavy atom. The van der Waals surface area contributed by atoms with Gasteiger partial charge in [0.1, 0.15) is 5.69 Å². The van der Waals surface area contributed by atoms with Gasteiger partial charge in [-0.25, -0.2) is 9.67 Å². The quantitative estimate of drug-likeness (QED) is 0.781. The van der Waals surface area contributed by atoms with Crippen LogP contribution in [0.25, 0.3) is 22.4 Å². The van der Waals surface area contributed by atoms with Crippen molar-refractivity contribution >= 4 is 11.0 Å². The zero-order valence-corrected chi connectivity index (χ0v) is 16.2. The molecule has 0 spiro atoms. The van der Waals surface area contributed by atoms with Gasteiger partial charge in [-0.3, -0.25) is 4.68 Å². The summed E-state index contributed by atoms with van der Waals surface area (Å²) in [7, 11) is 0. The number of hydrogen-bond acceptors (Lipinski definition) is 4. The zero-order valence-electron chi connectivity index (χ0n) is 16.2. The van der Waals surface area contributed by atoms with Crippen molar-refractivity contribution < 1.29 is 0 Å². The van der Waals surface area contributed by atoms with Crippen molar-refractivity contribution in [2.45, 2.75) is 60.2 Å². The molecule has 1 aliphatic heterocycles. The Morgan fingerprint density at radius 1 is 1.15 bits per heavy atom. The summed E-state index contributed by atoms with van der Waals surface area (Å²) in [6, 6.07) is 4.33. The van der Waals surface area contributed by atoms with Gasteiger partial charge in [0.15, 0.2) is 5.65 Å². The van der Waals surface area contributed by atoms with Gasteiger partial charge in [0.05, 0.1) is 17.1 Å². The molecule has 4 rings (SSSR count). The lowest BCUT2D eigenvalue weighted by Crippen LogP contribution is -2.11. The van der Waals surface area contributed by atoms with Crippen LogP contribution in [-0.2, 0) is 19.6 Å². The summed E-state index contributed by atoms with van der Waals surface area (Å²) in [5.41, 5.74) is 6.41. The molecule has 6 nitrogen and oxygen atoms in total.